The van der Waals surface area contributed by atoms with E-state index in [2.05, 4.69) is 5.32 Å². The number of halogens is 2. The van der Waals surface area contributed by atoms with Crippen molar-refractivity contribution in [3.63, 3.8) is 0 Å². The Morgan fingerprint density at radius 3 is 2.19 bits per heavy atom. The average Bonchev–Trinajstić information content (AvgIpc) is 2.89. The van der Waals surface area contributed by atoms with E-state index < -0.39 is 21.6 Å². The number of nitrogens with one attached hydrogen (secondary N) is 1. The molecule has 0 spiro atoms. The highest BCUT2D eigenvalue weighted by molar-refractivity contribution is 7.92. The van der Waals surface area contributed by atoms with Crippen molar-refractivity contribution in [2.75, 3.05) is 17.1 Å². The van der Waals surface area contributed by atoms with Crippen LogP contribution in [0.4, 0.5) is 5.69 Å². The van der Waals surface area contributed by atoms with Crippen molar-refractivity contribution < 1.29 is 18.0 Å². The van der Waals surface area contributed by atoms with Crippen molar-refractivity contribution in [3.8, 4) is 0 Å². The maximum atomic E-state index is 14.0. The van der Waals surface area contributed by atoms with Crippen molar-refractivity contribution >= 4 is 50.7 Å². The number of amides is 2. The van der Waals surface area contributed by atoms with Crippen LogP contribution in [0.5, 0.6) is 0 Å². The van der Waals surface area contributed by atoms with Crippen LogP contribution >= 0.6 is 23.2 Å². The molecule has 10 heteroatoms. The van der Waals surface area contributed by atoms with Crippen LogP contribution in [0, 0.1) is 6.92 Å². The second-order valence-corrected chi connectivity index (χ2v) is 14.2. The Bertz CT molecular complexity index is 1490. The number of hydrogen-bond acceptors (Lipinski definition) is 4. The zero-order chi connectivity index (χ0) is 31.1. The first-order valence-corrected chi connectivity index (χ1v) is 16.4. The molecule has 0 heterocycles. The lowest BCUT2D eigenvalue weighted by molar-refractivity contribution is -0.142. The van der Waals surface area contributed by atoms with Gasteiger partial charge in [-0.05, 0) is 69.0 Å². The van der Waals surface area contributed by atoms with Crippen LogP contribution in [-0.2, 0) is 32.6 Å². The minimum absolute atomic E-state index is 0.0250. The Kier molecular flexibility index (Phi) is 11.5. The molecule has 3 aromatic carbocycles. The predicted molar refractivity (Wildman–Crippen MR) is 171 cm³/mol. The third-order valence-electron chi connectivity index (χ3n) is 6.66. The first kappa shape index (κ1) is 33.4. The van der Waals surface area contributed by atoms with Crippen LogP contribution in [0.2, 0.25) is 10.0 Å². The molecule has 42 heavy (non-hydrogen) atoms. The molecule has 0 saturated heterocycles. The molecule has 1 atom stereocenters. The van der Waals surface area contributed by atoms with E-state index >= 15 is 0 Å². The molecule has 0 fully saturated rings. The molecular weight excluding hydrogens is 593 g/mol. The second-order valence-electron chi connectivity index (χ2n) is 11.4. The van der Waals surface area contributed by atoms with Gasteiger partial charge in [-0.1, -0.05) is 77.8 Å². The first-order valence-electron chi connectivity index (χ1n) is 13.8. The number of sulfonamides is 1. The van der Waals surface area contributed by atoms with E-state index in [1.54, 1.807) is 35.2 Å². The summed E-state index contributed by atoms with van der Waals surface area (Å²) in [4.78, 5) is 29.2. The van der Waals surface area contributed by atoms with Crippen molar-refractivity contribution in [2.24, 2.45) is 0 Å². The molecule has 7 nitrogen and oxygen atoms in total. The lowest BCUT2D eigenvalue weighted by atomic mass is 10.00. The summed E-state index contributed by atoms with van der Waals surface area (Å²) in [5, 5.41) is 3.88. The van der Waals surface area contributed by atoms with E-state index in [9.17, 15) is 18.0 Å². The Hall–Kier alpha value is -3.07. The van der Waals surface area contributed by atoms with E-state index in [0.717, 1.165) is 17.4 Å². The van der Waals surface area contributed by atoms with Gasteiger partial charge in [0.25, 0.3) is 0 Å². The van der Waals surface area contributed by atoms with Gasteiger partial charge in [0.2, 0.25) is 21.8 Å². The number of para-hydroxylation sites is 1. The van der Waals surface area contributed by atoms with Crippen LogP contribution in [-0.4, -0.2) is 49.5 Å². The van der Waals surface area contributed by atoms with Crippen LogP contribution in [0.1, 0.15) is 50.3 Å². The van der Waals surface area contributed by atoms with Gasteiger partial charge in [-0.3, -0.25) is 13.9 Å². The minimum Gasteiger partial charge on any atom is -0.350 e. The van der Waals surface area contributed by atoms with Gasteiger partial charge in [0.15, 0.2) is 0 Å². The molecule has 0 saturated carbocycles. The predicted octanol–water partition coefficient (Wildman–Crippen LogP) is 6.40. The fraction of sp³-hybridized carbons (Fsp3) is 0.375. The fourth-order valence-electron chi connectivity index (χ4n) is 4.67. The quantitative estimate of drug-likeness (QED) is 0.250. The molecule has 2 amide bonds. The largest absolute Gasteiger partial charge is 0.350 e. The summed E-state index contributed by atoms with van der Waals surface area (Å²) in [6.45, 7) is 7.70. The number of benzene rings is 3. The summed E-state index contributed by atoms with van der Waals surface area (Å²) in [7, 11) is -3.59. The summed E-state index contributed by atoms with van der Waals surface area (Å²) < 4.78 is 26.7. The highest BCUT2D eigenvalue weighted by Gasteiger charge is 2.32. The number of aryl methyl sites for hydroxylation is 1. The zero-order valence-electron chi connectivity index (χ0n) is 24.7. The Morgan fingerprint density at radius 2 is 1.60 bits per heavy atom. The van der Waals surface area contributed by atoms with Crippen LogP contribution in [0.25, 0.3) is 0 Å². The number of carbonyl (C=O) groups excluding carboxylic acids is 2. The molecule has 226 valence electrons. The van der Waals surface area contributed by atoms with Crippen molar-refractivity contribution in [3.05, 3.63) is 99.5 Å². The SMILES string of the molecule is Cc1ccccc1N(CCCC(=O)N(Cc1ccc(Cl)cc1Cl)C(Cc1ccccc1)C(=O)NC(C)(C)C)S(C)(=O)=O. The van der Waals surface area contributed by atoms with Crippen molar-refractivity contribution in [1.82, 2.24) is 10.2 Å². The molecule has 0 aromatic heterocycles. The van der Waals surface area contributed by atoms with E-state index in [-0.39, 0.29) is 37.7 Å². The number of hydrogen-bond donors (Lipinski definition) is 1. The average molecular weight is 633 g/mol. The lowest BCUT2D eigenvalue weighted by Gasteiger charge is -2.34. The standard InChI is InChI=1S/C32H39Cl2N3O4S/c1-23-12-9-10-15-28(23)37(42(5,40)41)19-11-16-30(38)36(22-25-17-18-26(33)21-27(25)34)29(31(39)35-32(2,3)4)20-24-13-7-6-8-14-24/h6-10,12-15,17-18,21,29H,11,16,19-20,22H2,1-5H3,(H,35,39). The topological polar surface area (TPSA) is 86.8 Å². The normalized spacial score (nSPS) is 12.5. The maximum absolute atomic E-state index is 14.0. The van der Waals surface area contributed by atoms with E-state index in [1.807, 2.05) is 70.2 Å². The number of anilines is 1. The summed E-state index contributed by atoms with van der Waals surface area (Å²) in [5.41, 5.74) is 2.41. The first-order chi connectivity index (χ1) is 19.7. The summed E-state index contributed by atoms with van der Waals surface area (Å²) >= 11 is 12.6. The molecule has 0 radical (unpaired) electrons. The number of nitrogens with zero attached hydrogens (tertiary/aromatic N) is 2. The van der Waals surface area contributed by atoms with Gasteiger partial charge >= 0.3 is 0 Å². The fourth-order valence-corrected chi connectivity index (χ4v) is 6.16. The number of carbonyl (C=O) groups is 2. The molecule has 0 bridgehead atoms. The van der Waals surface area contributed by atoms with Crippen LogP contribution in [0.3, 0.4) is 0 Å². The molecule has 0 aliphatic carbocycles. The highest BCUT2D eigenvalue weighted by Crippen LogP contribution is 2.26. The third-order valence-corrected chi connectivity index (χ3v) is 8.43. The van der Waals surface area contributed by atoms with E-state index in [4.69, 9.17) is 23.2 Å². The van der Waals surface area contributed by atoms with E-state index in [1.165, 1.54) is 4.31 Å². The minimum atomic E-state index is -3.59. The maximum Gasteiger partial charge on any atom is 0.243 e. The molecule has 1 N–H and O–H groups in total. The van der Waals surface area contributed by atoms with Crippen LogP contribution in [0.15, 0.2) is 72.8 Å². The molecule has 3 rings (SSSR count). The molecule has 0 aliphatic heterocycles. The second kappa shape index (κ2) is 14.4. The highest BCUT2D eigenvalue weighted by atomic mass is 35.5. The zero-order valence-corrected chi connectivity index (χ0v) is 27.1. The van der Waals surface area contributed by atoms with Gasteiger partial charge in [0, 0.05) is 41.5 Å². The van der Waals surface area contributed by atoms with Crippen LogP contribution < -0.4 is 9.62 Å². The molecular formula is C32H39Cl2N3O4S. The lowest BCUT2D eigenvalue weighted by Crippen LogP contribution is -2.54. The van der Waals surface area contributed by atoms with Gasteiger partial charge in [-0.15, -0.1) is 0 Å². The van der Waals surface area contributed by atoms with Gasteiger partial charge in [-0.25, -0.2) is 8.42 Å². The summed E-state index contributed by atoms with van der Waals surface area (Å²) in [6, 6.07) is 20.9. The van der Waals surface area contributed by atoms with Crippen molar-refractivity contribution in [1.29, 1.82) is 0 Å². The van der Waals surface area contributed by atoms with Gasteiger partial charge in [0.05, 0.1) is 11.9 Å². The summed E-state index contributed by atoms with van der Waals surface area (Å²) in [6.07, 6.45) is 1.72. The van der Waals surface area contributed by atoms with Gasteiger partial charge in [-0.2, -0.15) is 0 Å². The van der Waals surface area contributed by atoms with Crippen molar-refractivity contribution in [2.45, 2.75) is 65.1 Å². The van der Waals surface area contributed by atoms with E-state index in [0.29, 0.717) is 27.7 Å². The molecule has 1 unspecified atom stereocenters. The molecule has 3 aromatic rings. The smallest absolute Gasteiger partial charge is 0.243 e. The molecule has 0 aliphatic rings. The van der Waals surface area contributed by atoms with Gasteiger partial charge in [0.1, 0.15) is 6.04 Å². The monoisotopic (exact) mass is 631 g/mol. The van der Waals surface area contributed by atoms with Gasteiger partial charge < -0.3 is 10.2 Å². The third kappa shape index (κ3) is 9.75. The summed E-state index contributed by atoms with van der Waals surface area (Å²) in [5.74, 6) is -0.577. The Labute approximate surface area is 259 Å². The Balaban J connectivity index is 1.94. The number of rotatable bonds is 12. The Morgan fingerprint density at radius 1 is 0.952 bits per heavy atom.